The van der Waals surface area contributed by atoms with Crippen LogP contribution in [0.5, 0.6) is 0 Å². The molecule has 64 valence electrons. The summed E-state index contributed by atoms with van der Waals surface area (Å²) in [7, 11) is 0. The van der Waals surface area contributed by atoms with Gasteiger partial charge in [-0.25, -0.2) is 0 Å². The summed E-state index contributed by atoms with van der Waals surface area (Å²) >= 11 is 0. The van der Waals surface area contributed by atoms with E-state index in [-0.39, 0.29) is 18.9 Å². The topological polar surface area (TPSA) is 0 Å². The Morgan fingerprint density at radius 3 is 1.58 bits per heavy atom. The molecule has 0 spiro atoms. The molecule has 0 atom stereocenters. The molecule has 4 saturated carbocycles. The molecule has 0 amide bonds. The number of hydrogen-bond donors (Lipinski definition) is 0. The van der Waals surface area contributed by atoms with Gasteiger partial charge in [-0.3, -0.25) is 0 Å². The Morgan fingerprint density at radius 1 is 0.750 bits per heavy atom. The summed E-state index contributed by atoms with van der Waals surface area (Å²) in [5.41, 5.74) is 0. The van der Waals surface area contributed by atoms with E-state index in [2.05, 4.69) is 6.92 Å². The molecular weight excluding hydrogens is 139 g/mol. The average Bonchev–Trinajstić information content (AvgIpc) is 1.98. The van der Waals surface area contributed by atoms with Gasteiger partial charge in [-0.05, 0) is 61.7 Å². The van der Waals surface area contributed by atoms with Crippen LogP contribution in [0.3, 0.4) is 0 Å². The number of rotatable bonds is 0. The van der Waals surface area contributed by atoms with E-state index in [1.54, 1.807) is 32.1 Å². The quantitative estimate of drug-likeness (QED) is 0.475. The SMILES string of the molecule is CC1C2CC3CC(C2)CC1C3.[LiH]. The van der Waals surface area contributed by atoms with Crippen molar-refractivity contribution in [3.63, 3.8) is 0 Å². The van der Waals surface area contributed by atoms with Crippen LogP contribution in [-0.2, 0) is 0 Å². The Balaban J connectivity index is 0.000000563. The third-order valence-corrected chi connectivity index (χ3v) is 4.70. The Kier molecular flexibility index (Phi) is 2.34. The first-order chi connectivity index (χ1) is 5.33. The van der Waals surface area contributed by atoms with Gasteiger partial charge in [0.15, 0.2) is 0 Å². The van der Waals surface area contributed by atoms with Crippen LogP contribution in [0.1, 0.15) is 39.0 Å². The number of hydrogen-bond acceptors (Lipinski definition) is 0. The van der Waals surface area contributed by atoms with Crippen molar-refractivity contribution in [1.82, 2.24) is 0 Å². The van der Waals surface area contributed by atoms with Crippen molar-refractivity contribution < 1.29 is 0 Å². The van der Waals surface area contributed by atoms with Crippen molar-refractivity contribution in [2.75, 3.05) is 0 Å². The fraction of sp³-hybridized carbons (Fsp3) is 1.00. The first kappa shape index (κ1) is 9.16. The summed E-state index contributed by atoms with van der Waals surface area (Å²) in [6.07, 6.45) is 7.96. The molecule has 0 heterocycles. The minimum atomic E-state index is 0. The van der Waals surface area contributed by atoms with Crippen molar-refractivity contribution in [1.29, 1.82) is 0 Å². The fourth-order valence-electron chi connectivity index (χ4n) is 4.20. The molecule has 0 aliphatic heterocycles. The molecule has 1 heteroatoms. The monoisotopic (exact) mass is 158 g/mol. The Bertz CT molecular complexity index is 148. The zero-order valence-corrected chi connectivity index (χ0v) is 7.42. The second kappa shape index (κ2) is 3.07. The van der Waals surface area contributed by atoms with E-state index >= 15 is 0 Å². The molecule has 0 aromatic heterocycles. The van der Waals surface area contributed by atoms with Crippen LogP contribution in [0.4, 0.5) is 0 Å². The van der Waals surface area contributed by atoms with Gasteiger partial charge in [0.2, 0.25) is 0 Å². The summed E-state index contributed by atoms with van der Waals surface area (Å²) in [4.78, 5) is 0. The summed E-state index contributed by atoms with van der Waals surface area (Å²) < 4.78 is 0. The fourth-order valence-corrected chi connectivity index (χ4v) is 4.20. The van der Waals surface area contributed by atoms with Crippen LogP contribution < -0.4 is 0 Å². The summed E-state index contributed by atoms with van der Waals surface area (Å²) in [6.45, 7) is 2.51. The van der Waals surface area contributed by atoms with Crippen LogP contribution in [0.25, 0.3) is 0 Å². The minimum absolute atomic E-state index is 0. The molecule has 4 aliphatic rings. The van der Waals surface area contributed by atoms with E-state index in [0.717, 1.165) is 29.6 Å². The molecule has 4 fully saturated rings. The average molecular weight is 158 g/mol. The molecule has 4 bridgehead atoms. The van der Waals surface area contributed by atoms with Crippen LogP contribution in [0, 0.1) is 29.6 Å². The van der Waals surface area contributed by atoms with Gasteiger partial charge in [-0.1, -0.05) is 6.92 Å². The van der Waals surface area contributed by atoms with E-state index in [1.165, 1.54) is 0 Å². The maximum atomic E-state index is 2.51. The van der Waals surface area contributed by atoms with Gasteiger partial charge < -0.3 is 0 Å². The molecule has 0 nitrogen and oxygen atoms in total. The molecule has 0 aromatic rings. The molecule has 0 aromatic carbocycles. The van der Waals surface area contributed by atoms with Crippen molar-refractivity contribution >= 4 is 18.9 Å². The maximum absolute atomic E-state index is 2.51. The summed E-state index contributed by atoms with van der Waals surface area (Å²) in [5.74, 6) is 5.70. The Morgan fingerprint density at radius 2 is 1.17 bits per heavy atom. The van der Waals surface area contributed by atoms with Crippen molar-refractivity contribution in [2.24, 2.45) is 29.6 Å². The van der Waals surface area contributed by atoms with Gasteiger partial charge in [-0.15, -0.1) is 0 Å². The van der Waals surface area contributed by atoms with E-state index in [0.29, 0.717) is 0 Å². The normalized spacial score (nSPS) is 55.2. The van der Waals surface area contributed by atoms with Crippen molar-refractivity contribution in [3.8, 4) is 0 Å². The van der Waals surface area contributed by atoms with Gasteiger partial charge in [0, 0.05) is 0 Å². The Hall–Kier alpha value is 0.597. The Labute approximate surface area is 87.7 Å². The first-order valence-corrected chi connectivity index (χ1v) is 5.33. The standard InChI is InChI=1S/C11H18.Li.H/c1-7-10-3-8-2-9(5-10)6-11(7)4-8;;/h7-11H,2-6H2,1H3;;. The van der Waals surface area contributed by atoms with Gasteiger partial charge >= 0.3 is 18.9 Å². The van der Waals surface area contributed by atoms with Gasteiger partial charge in [0.05, 0.1) is 0 Å². The van der Waals surface area contributed by atoms with Gasteiger partial charge in [0.1, 0.15) is 0 Å². The van der Waals surface area contributed by atoms with E-state index in [4.69, 9.17) is 0 Å². The first-order valence-electron chi connectivity index (χ1n) is 5.33. The summed E-state index contributed by atoms with van der Waals surface area (Å²) in [6, 6.07) is 0. The molecule has 0 saturated heterocycles. The van der Waals surface area contributed by atoms with Crippen LogP contribution in [0.2, 0.25) is 0 Å². The van der Waals surface area contributed by atoms with Crippen LogP contribution >= 0.6 is 0 Å². The zero-order chi connectivity index (χ0) is 7.42. The molecular formula is C11H19Li. The van der Waals surface area contributed by atoms with E-state index < -0.39 is 0 Å². The second-order valence-corrected chi connectivity index (χ2v) is 5.29. The molecule has 4 rings (SSSR count). The second-order valence-electron chi connectivity index (χ2n) is 5.29. The molecule has 0 N–H and O–H groups in total. The van der Waals surface area contributed by atoms with E-state index in [9.17, 15) is 0 Å². The van der Waals surface area contributed by atoms with Crippen LogP contribution in [-0.4, -0.2) is 18.9 Å². The third kappa shape index (κ3) is 1.19. The van der Waals surface area contributed by atoms with Crippen LogP contribution in [0.15, 0.2) is 0 Å². The molecule has 4 aliphatic carbocycles. The molecule has 12 heavy (non-hydrogen) atoms. The zero-order valence-electron chi connectivity index (χ0n) is 7.42. The molecule has 0 unspecified atom stereocenters. The van der Waals surface area contributed by atoms with Crippen molar-refractivity contribution in [2.45, 2.75) is 39.0 Å². The van der Waals surface area contributed by atoms with Gasteiger partial charge in [0.25, 0.3) is 0 Å². The molecule has 0 radical (unpaired) electrons. The summed E-state index contributed by atoms with van der Waals surface area (Å²) in [5, 5.41) is 0. The van der Waals surface area contributed by atoms with Crippen molar-refractivity contribution in [3.05, 3.63) is 0 Å². The van der Waals surface area contributed by atoms with Gasteiger partial charge in [-0.2, -0.15) is 0 Å². The predicted molar refractivity (Wildman–Crippen MR) is 53.4 cm³/mol. The van der Waals surface area contributed by atoms with E-state index in [1.807, 2.05) is 0 Å². The third-order valence-electron chi connectivity index (χ3n) is 4.70. The predicted octanol–water partition coefficient (Wildman–Crippen LogP) is 2.43.